The van der Waals surface area contributed by atoms with E-state index in [1.54, 1.807) is 0 Å². The second-order valence-corrected chi connectivity index (χ2v) is 3.75. The normalized spacial score (nSPS) is 24.8. The Hall–Kier alpha value is -0.120. The SMILES string of the molecule is CC(C)C(CO)C1(C)OCCO1. The summed E-state index contributed by atoms with van der Waals surface area (Å²) >= 11 is 0. The third-order valence-corrected chi connectivity index (χ3v) is 2.54. The molecule has 12 heavy (non-hydrogen) atoms. The van der Waals surface area contributed by atoms with Gasteiger partial charge in [-0.1, -0.05) is 13.8 Å². The predicted octanol–water partition coefficient (Wildman–Crippen LogP) is 1.01. The Bertz CT molecular complexity index is 139. The van der Waals surface area contributed by atoms with Gasteiger partial charge in [-0.15, -0.1) is 0 Å². The van der Waals surface area contributed by atoms with Crippen LogP contribution in [0.3, 0.4) is 0 Å². The summed E-state index contributed by atoms with van der Waals surface area (Å²) < 4.78 is 10.9. The monoisotopic (exact) mass is 174 g/mol. The Morgan fingerprint density at radius 1 is 1.33 bits per heavy atom. The van der Waals surface area contributed by atoms with Gasteiger partial charge in [0.05, 0.1) is 19.8 Å². The summed E-state index contributed by atoms with van der Waals surface area (Å²) in [7, 11) is 0. The molecule has 72 valence electrons. The van der Waals surface area contributed by atoms with Crippen LogP contribution in [0, 0.1) is 11.8 Å². The molecule has 1 fully saturated rings. The van der Waals surface area contributed by atoms with Crippen LogP contribution in [-0.4, -0.2) is 30.7 Å². The first kappa shape index (κ1) is 9.96. The Kier molecular flexibility index (Phi) is 3.09. The van der Waals surface area contributed by atoms with Gasteiger partial charge in [0.15, 0.2) is 5.79 Å². The third kappa shape index (κ3) is 1.79. The van der Waals surface area contributed by atoms with Crippen molar-refractivity contribution in [2.75, 3.05) is 19.8 Å². The summed E-state index contributed by atoms with van der Waals surface area (Å²) in [6.45, 7) is 7.43. The number of aliphatic hydroxyl groups is 1. The molecule has 0 aliphatic carbocycles. The standard InChI is InChI=1S/C9H18O3/c1-7(2)8(6-10)9(3)11-4-5-12-9/h7-8,10H,4-6H2,1-3H3. The second kappa shape index (κ2) is 3.73. The molecule has 1 aliphatic rings. The molecule has 1 rings (SSSR count). The summed E-state index contributed by atoms with van der Waals surface area (Å²) in [4.78, 5) is 0. The highest BCUT2D eigenvalue weighted by molar-refractivity contribution is 4.80. The van der Waals surface area contributed by atoms with Gasteiger partial charge in [0.2, 0.25) is 0 Å². The van der Waals surface area contributed by atoms with E-state index in [0.29, 0.717) is 19.1 Å². The topological polar surface area (TPSA) is 38.7 Å². The van der Waals surface area contributed by atoms with E-state index in [1.807, 2.05) is 6.92 Å². The van der Waals surface area contributed by atoms with Crippen LogP contribution >= 0.6 is 0 Å². The molecule has 1 N–H and O–H groups in total. The summed E-state index contributed by atoms with van der Waals surface area (Å²) in [5.41, 5.74) is 0. The summed E-state index contributed by atoms with van der Waals surface area (Å²) in [6.07, 6.45) is 0. The van der Waals surface area contributed by atoms with Crippen molar-refractivity contribution in [1.82, 2.24) is 0 Å². The van der Waals surface area contributed by atoms with Gasteiger partial charge >= 0.3 is 0 Å². The van der Waals surface area contributed by atoms with Crippen molar-refractivity contribution in [3.05, 3.63) is 0 Å². The maximum Gasteiger partial charge on any atom is 0.170 e. The predicted molar refractivity (Wildman–Crippen MR) is 45.7 cm³/mol. The zero-order valence-electron chi connectivity index (χ0n) is 8.04. The molecular formula is C9H18O3. The van der Waals surface area contributed by atoms with E-state index in [9.17, 15) is 0 Å². The van der Waals surface area contributed by atoms with Crippen molar-refractivity contribution >= 4 is 0 Å². The van der Waals surface area contributed by atoms with Crippen LogP contribution in [0.5, 0.6) is 0 Å². The first-order valence-corrected chi connectivity index (χ1v) is 4.49. The molecular weight excluding hydrogens is 156 g/mol. The molecule has 0 aromatic carbocycles. The second-order valence-electron chi connectivity index (χ2n) is 3.75. The van der Waals surface area contributed by atoms with E-state index in [-0.39, 0.29) is 12.5 Å². The minimum atomic E-state index is -0.567. The summed E-state index contributed by atoms with van der Waals surface area (Å²) in [6, 6.07) is 0. The largest absolute Gasteiger partial charge is 0.396 e. The molecule has 0 aromatic heterocycles. The minimum Gasteiger partial charge on any atom is -0.396 e. The molecule has 0 bridgehead atoms. The van der Waals surface area contributed by atoms with Crippen molar-refractivity contribution in [3.63, 3.8) is 0 Å². The van der Waals surface area contributed by atoms with Gasteiger partial charge in [0.25, 0.3) is 0 Å². The number of ether oxygens (including phenoxy) is 2. The summed E-state index contributed by atoms with van der Waals surface area (Å²) in [5.74, 6) is -0.124. The number of hydrogen-bond acceptors (Lipinski definition) is 3. The average Bonchev–Trinajstić information content (AvgIpc) is 2.37. The Morgan fingerprint density at radius 2 is 1.83 bits per heavy atom. The lowest BCUT2D eigenvalue weighted by Gasteiger charge is -2.33. The van der Waals surface area contributed by atoms with Crippen LogP contribution < -0.4 is 0 Å². The number of aliphatic hydroxyl groups excluding tert-OH is 1. The van der Waals surface area contributed by atoms with Crippen LogP contribution in [0.1, 0.15) is 20.8 Å². The number of rotatable bonds is 3. The van der Waals surface area contributed by atoms with E-state index in [0.717, 1.165) is 0 Å². The van der Waals surface area contributed by atoms with Gasteiger partial charge in [-0.3, -0.25) is 0 Å². The molecule has 1 aliphatic heterocycles. The molecule has 1 heterocycles. The van der Waals surface area contributed by atoms with Crippen molar-refractivity contribution in [2.45, 2.75) is 26.6 Å². The van der Waals surface area contributed by atoms with Crippen LogP contribution in [0.4, 0.5) is 0 Å². The molecule has 0 amide bonds. The Morgan fingerprint density at radius 3 is 2.17 bits per heavy atom. The van der Waals surface area contributed by atoms with Crippen molar-refractivity contribution in [1.29, 1.82) is 0 Å². The highest BCUT2D eigenvalue weighted by atomic mass is 16.7. The van der Waals surface area contributed by atoms with Crippen LogP contribution in [0.2, 0.25) is 0 Å². The first-order valence-electron chi connectivity index (χ1n) is 4.49. The van der Waals surface area contributed by atoms with Gasteiger partial charge in [0, 0.05) is 5.92 Å². The van der Waals surface area contributed by atoms with Gasteiger partial charge in [-0.2, -0.15) is 0 Å². The van der Waals surface area contributed by atoms with Gasteiger partial charge in [0.1, 0.15) is 0 Å². The van der Waals surface area contributed by atoms with Crippen LogP contribution in [-0.2, 0) is 9.47 Å². The van der Waals surface area contributed by atoms with E-state index < -0.39 is 5.79 Å². The first-order chi connectivity index (χ1) is 5.60. The molecule has 3 heteroatoms. The molecule has 0 saturated carbocycles. The lowest BCUT2D eigenvalue weighted by atomic mass is 9.89. The Labute approximate surface area is 73.7 Å². The zero-order valence-corrected chi connectivity index (χ0v) is 8.04. The molecule has 1 saturated heterocycles. The smallest absolute Gasteiger partial charge is 0.170 e. The number of hydrogen-bond donors (Lipinski definition) is 1. The fraction of sp³-hybridized carbons (Fsp3) is 1.00. The van der Waals surface area contributed by atoms with Crippen LogP contribution in [0.15, 0.2) is 0 Å². The van der Waals surface area contributed by atoms with Gasteiger partial charge < -0.3 is 14.6 Å². The highest BCUT2D eigenvalue weighted by Crippen LogP contribution is 2.32. The Balaban J connectivity index is 2.62. The molecule has 3 nitrogen and oxygen atoms in total. The molecule has 1 unspecified atom stereocenters. The van der Waals surface area contributed by atoms with Gasteiger partial charge in [-0.05, 0) is 12.8 Å². The van der Waals surface area contributed by atoms with E-state index >= 15 is 0 Å². The lowest BCUT2D eigenvalue weighted by Crippen LogP contribution is -2.41. The third-order valence-electron chi connectivity index (χ3n) is 2.54. The maximum absolute atomic E-state index is 9.16. The maximum atomic E-state index is 9.16. The lowest BCUT2D eigenvalue weighted by molar-refractivity contribution is -0.199. The quantitative estimate of drug-likeness (QED) is 0.694. The summed E-state index contributed by atoms with van der Waals surface area (Å²) in [5, 5.41) is 9.16. The highest BCUT2D eigenvalue weighted by Gasteiger charge is 2.40. The minimum absolute atomic E-state index is 0.0694. The fourth-order valence-electron chi connectivity index (χ4n) is 1.73. The average molecular weight is 174 g/mol. The van der Waals surface area contributed by atoms with E-state index in [2.05, 4.69) is 13.8 Å². The molecule has 0 radical (unpaired) electrons. The van der Waals surface area contributed by atoms with Crippen LogP contribution in [0.25, 0.3) is 0 Å². The van der Waals surface area contributed by atoms with Crippen molar-refractivity contribution < 1.29 is 14.6 Å². The van der Waals surface area contributed by atoms with Gasteiger partial charge in [-0.25, -0.2) is 0 Å². The zero-order chi connectivity index (χ0) is 9.19. The van der Waals surface area contributed by atoms with Crippen molar-refractivity contribution in [2.24, 2.45) is 11.8 Å². The van der Waals surface area contributed by atoms with Crippen molar-refractivity contribution in [3.8, 4) is 0 Å². The molecule has 0 aromatic rings. The fourth-order valence-corrected chi connectivity index (χ4v) is 1.73. The molecule has 0 spiro atoms. The molecule has 1 atom stereocenters. The van der Waals surface area contributed by atoms with E-state index in [4.69, 9.17) is 14.6 Å². The van der Waals surface area contributed by atoms with E-state index in [1.165, 1.54) is 0 Å².